The number of hydrogen-bond donors (Lipinski definition) is 1. The van der Waals surface area contributed by atoms with Crippen LogP contribution in [0.15, 0.2) is 33.7 Å². The molecule has 1 heterocycles. The predicted octanol–water partition coefficient (Wildman–Crippen LogP) is 2.29. The van der Waals surface area contributed by atoms with Crippen LogP contribution in [0.3, 0.4) is 0 Å². The predicted molar refractivity (Wildman–Crippen MR) is 67.7 cm³/mol. The first-order valence-corrected chi connectivity index (χ1v) is 5.34. The van der Waals surface area contributed by atoms with Crippen molar-refractivity contribution in [1.29, 1.82) is 0 Å². The minimum atomic E-state index is -0.810. The van der Waals surface area contributed by atoms with Gasteiger partial charge in [-0.25, -0.2) is 0 Å². The molecule has 1 aromatic heterocycles. The van der Waals surface area contributed by atoms with Gasteiger partial charge in [0.2, 0.25) is 0 Å². The maximum Gasteiger partial charge on any atom is 0.196 e. The molecule has 4 heteroatoms. The Bertz CT molecular complexity index is 689. The zero-order valence-electron chi connectivity index (χ0n) is 10.1. The first kappa shape index (κ1) is 12.1. The number of phenolic OH excluding ortho intramolecular Hbond substituents is 1. The monoisotopic (exact) mass is 244 g/mol. The van der Waals surface area contributed by atoms with Crippen molar-refractivity contribution in [2.75, 3.05) is 0 Å². The summed E-state index contributed by atoms with van der Waals surface area (Å²) in [7, 11) is 0. The zero-order chi connectivity index (χ0) is 13.3. The summed E-state index contributed by atoms with van der Waals surface area (Å²) in [5.41, 5.74) is -0.864. The van der Waals surface area contributed by atoms with Crippen molar-refractivity contribution < 1.29 is 14.3 Å². The Morgan fingerprint density at radius 2 is 2.17 bits per heavy atom. The molecule has 0 aliphatic heterocycles. The van der Waals surface area contributed by atoms with E-state index in [2.05, 4.69) is 5.92 Å². The second-order valence-corrected chi connectivity index (χ2v) is 4.36. The Morgan fingerprint density at radius 3 is 2.83 bits per heavy atom. The van der Waals surface area contributed by atoms with E-state index in [-0.39, 0.29) is 22.1 Å². The van der Waals surface area contributed by atoms with Crippen LogP contribution in [0.2, 0.25) is 0 Å². The molecule has 0 amide bonds. The lowest BCUT2D eigenvalue weighted by Crippen LogP contribution is -2.25. The largest absolute Gasteiger partial charge is 0.507 e. The van der Waals surface area contributed by atoms with E-state index in [4.69, 9.17) is 15.6 Å². The van der Waals surface area contributed by atoms with Gasteiger partial charge in [-0.1, -0.05) is 5.92 Å². The van der Waals surface area contributed by atoms with E-state index >= 15 is 0 Å². The summed E-state index contributed by atoms with van der Waals surface area (Å²) in [5, 5.41) is 9.94. The molecule has 0 atom stereocenters. The molecular weight excluding hydrogens is 232 g/mol. The Balaban J connectivity index is 2.58. The summed E-state index contributed by atoms with van der Waals surface area (Å²) in [4.78, 5) is 11.6. The Labute approximate surface area is 104 Å². The molecule has 0 spiro atoms. The number of aromatic hydroxyl groups is 1. The lowest BCUT2D eigenvalue weighted by Gasteiger charge is -2.20. The topological polar surface area (TPSA) is 59.7 Å². The number of phenols is 1. The summed E-state index contributed by atoms with van der Waals surface area (Å²) >= 11 is 0. The molecule has 0 saturated carbocycles. The average Bonchev–Trinajstić information content (AvgIpc) is 2.28. The normalized spacial score (nSPS) is 11.2. The minimum Gasteiger partial charge on any atom is -0.507 e. The average molecular weight is 244 g/mol. The molecule has 0 bridgehead atoms. The molecule has 92 valence electrons. The highest BCUT2D eigenvalue weighted by atomic mass is 16.5. The highest BCUT2D eigenvalue weighted by Crippen LogP contribution is 2.29. The van der Waals surface area contributed by atoms with Gasteiger partial charge in [0, 0.05) is 18.2 Å². The van der Waals surface area contributed by atoms with Gasteiger partial charge in [-0.15, -0.1) is 6.42 Å². The molecule has 0 aliphatic carbocycles. The summed E-state index contributed by atoms with van der Waals surface area (Å²) < 4.78 is 10.7. The van der Waals surface area contributed by atoms with Gasteiger partial charge < -0.3 is 14.3 Å². The van der Waals surface area contributed by atoms with Gasteiger partial charge >= 0.3 is 0 Å². The van der Waals surface area contributed by atoms with Gasteiger partial charge in [-0.3, -0.25) is 4.79 Å². The Morgan fingerprint density at radius 1 is 1.44 bits per heavy atom. The summed E-state index contributed by atoms with van der Waals surface area (Å²) in [6.07, 6.45) is 6.58. The van der Waals surface area contributed by atoms with Crippen molar-refractivity contribution in [3.8, 4) is 23.8 Å². The number of ether oxygens (including phenoxy) is 1. The van der Waals surface area contributed by atoms with Crippen molar-refractivity contribution in [2.24, 2.45) is 0 Å². The second kappa shape index (κ2) is 4.11. The number of rotatable bonds is 2. The molecule has 0 aliphatic rings. The molecule has 0 unspecified atom stereocenters. The molecule has 0 saturated heterocycles. The zero-order valence-corrected chi connectivity index (χ0v) is 10.1. The first-order chi connectivity index (χ1) is 8.43. The fourth-order valence-corrected chi connectivity index (χ4v) is 1.55. The van der Waals surface area contributed by atoms with Crippen molar-refractivity contribution in [2.45, 2.75) is 19.4 Å². The third-order valence-electron chi connectivity index (χ3n) is 2.44. The fourth-order valence-electron chi connectivity index (χ4n) is 1.55. The smallest absolute Gasteiger partial charge is 0.196 e. The number of benzene rings is 1. The van der Waals surface area contributed by atoms with E-state index in [0.29, 0.717) is 5.75 Å². The van der Waals surface area contributed by atoms with Crippen LogP contribution in [0.1, 0.15) is 13.8 Å². The van der Waals surface area contributed by atoms with Crippen LogP contribution in [0, 0.1) is 12.3 Å². The fraction of sp³-hybridized carbons (Fsp3) is 0.214. The highest BCUT2D eigenvalue weighted by Gasteiger charge is 2.17. The van der Waals surface area contributed by atoms with Crippen LogP contribution >= 0.6 is 0 Å². The first-order valence-electron chi connectivity index (χ1n) is 5.34. The Hall–Kier alpha value is -2.41. The van der Waals surface area contributed by atoms with Crippen molar-refractivity contribution in [1.82, 2.24) is 0 Å². The Kier molecular flexibility index (Phi) is 2.76. The van der Waals surface area contributed by atoms with E-state index in [1.54, 1.807) is 13.8 Å². The third kappa shape index (κ3) is 2.16. The second-order valence-electron chi connectivity index (χ2n) is 4.36. The van der Waals surface area contributed by atoms with Gasteiger partial charge in [-0.2, -0.15) is 0 Å². The molecule has 1 aromatic carbocycles. The summed E-state index contributed by atoms with van der Waals surface area (Å²) in [5.74, 6) is 2.63. The van der Waals surface area contributed by atoms with E-state index < -0.39 is 5.60 Å². The summed E-state index contributed by atoms with van der Waals surface area (Å²) in [6.45, 7) is 3.44. The standard InChI is InChI=1S/C14H12O4/c1-4-14(2,3)18-9-7-11(16)13-10(15)5-6-17-12(13)8-9/h1,5-8,16H,2-3H3. The lowest BCUT2D eigenvalue weighted by molar-refractivity contribution is 0.172. The van der Waals surface area contributed by atoms with E-state index in [1.807, 2.05) is 0 Å². The van der Waals surface area contributed by atoms with E-state index in [9.17, 15) is 9.90 Å². The molecule has 2 rings (SSSR count). The van der Waals surface area contributed by atoms with Crippen LogP contribution in [0.25, 0.3) is 11.0 Å². The summed E-state index contributed by atoms with van der Waals surface area (Å²) in [6, 6.07) is 4.11. The molecule has 0 fully saturated rings. The maximum atomic E-state index is 11.6. The van der Waals surface area contributed by atoms with Gasteiger partial charge in [0.25, 0.3) is 0 Å². The van der Waals surface area contributed by atoms with Crippen molar-refractivity contribution in [3.05, 3.63) is 34.7 Å². The lowest BCUT2D eigenvalue weighted by atomic mass is 10.1. The van der Waals surface area contributed by atoms with Gasteiger partial charge in [0.05, 0.1) is 6.26 Å². The van der Waals surface area contributed by atoms with Crippen LogP contribution in [0.4, 0.5) is 0 Å². The number of fused-ring (bicyclic) bond motifs is 1. The quantitative estimate of drug-likeness (QED) is 0.823. The molecule has 2 aromatic rings. The maximum absolute atomic E-state index is 11.6. The van der Waals surface area contributed by atoms with Crippen LogP contribution in [-0.2, 0) is 0 Å². The molecule has 4 nitrogen and oxygen atoms in total. The van der Waals surface area contributed by atoms with Gasteiger partial charge in [0.1, 0.15) is 22.5 Å². The van der Waals surface area contributed by atoms with E-state index in [1.165, 1.54) is 24.5 Å². The number of terminal acetylenes is 1. The third-order valence-corrected chi connectivity index (χ3v) is 2.44. The van der Waals surface area contributed by atoms with Gasteiger partial charge in [-0.05, 0) is 13.8 Å². The minimum absolute atomic E-state index is 0.128. The number of hydrogen-bond acceptors (Lipinski definition) is 4. The SMILES string of the molecule is C#CC(C)(C)Oc1cc(O)c2c(=O)ccoc2c1. The molecule has 0 radical (unpaired) electrons. The van der Waals surface area contributed by atoms with E-state index in [0.717, 1.165) is 0 Å². The van der Waals surface area contributed by atoms with Crippen molar-refractivity contribution >= 4 is 11.0 Å². The molecular formula is C14H12O4. The highest BCUT2D eigenvalue weighted by molar-refractivity contribution is 5.84. The van der Waals surface area contributed by atoms with Crippen molar-refractivity contribution in [3.63, 3.8) is 0 Å². The molecule has 18 heavy (non-hydrogen) atoms. The van der Waals surface area contributed by atoms with Crippen LogP contribution in [-0.4, -0.2) is 10.7 Å². The molecule has 1 N–H and O–H groups in total. The van der Waals surface area contributed by atoms with Crippen LogP contribution < -0.4 is 10.2 Å². The van der Waals surface area contributed by atoms with Gasteiger partial charge in [0.15, 0.2) is 11.0 Å². The van der Waals surface area contributed by atoms with Crippen LogP contribution in [0.5, 0.6) is 11.5 Å².